The van der Waals surface area contributed by atoms with Crippen molar-refractivity contribution in [2.75, 3.05) is 14.2 Å². The highest BCUT2D eigenvalue weighted by molar-refractivity contribution is 6.31. The fraction of sp³-hybridized carbons (Fsp3) is 0.188. The molecule has 0 fully saturated rings. The number of fused-ring (bicyclic) bond motifs is 4. The van der Waals surface area contributed by atoms with Gasteiger partial charge in [0.15, 0.2) is 0 Å². The number of ether oxygens (including phenoxy) is 2. The summed E-state index contributed by atoms with van der Waals surface area (Å²) in [6.07, 6.45) is 1.96. The molecule has 0 bridgehead atoms. The van der Waals surface area contributed by atoms with Gasteiger partial charge in [0.25, 0.3) is 0 Å². The van der Waals surface area contributed by atoms with Crippen molar-refractivity contribution in [2.24, 2.45) is 0 Å². The van der Waals surface area contributed by atoms with Crippen molar-refractivity contribution in [3.05, 3.63) is 95.0 Å². The van der Waals surface area contributed by atoms with Gasteiger partial charge >= 0.3 is 0 Å². The van der Waals surface area contributed by atoms with Crippen LogP contribution < -0.4 is 9.47 Å². The molecule has 0 saturated carbocycles. The molecule has 1 unspecified atom stereocenters. The van der Waals surface area contributed by atoms with E-state index in [1.54, 1.807) is 14.2 Å². The normalized spacial score (nSPS) is 12.4. The maximum absolute atomic E-state index is 6.44. The highest BCUT2D eigenvalue weighted by Crippen LogP contribution is 2.44. The number of hydrogen-bond donors (Lipinski definition) is 0. The second-order valence-corrected chi connectivity index (χ2v) is 9.77. The van der Waals surface area contributed by atoms with Crippen LogP contribution in [-0.2, 0) is 0 Å². The van der Waals surface area contributed by atoms with Gasteiger partial charge < -0.3 is 9.47 Å². The Kier molecular flexibility index (Phi) is 6.05. The second-order valence-electron chi connectivity index (χ2n) is 9.34. The summed E-state index contributed by atoms with van der Waals surface area (Å²) < 4.78 is 11.3. The van der Waals surface area contributed by atoms with E-state index in [1.165, 1.54) is 11.1 Å². The minimum absolute atomic E-state index is 0.0776. The molecular formula is C32H27ClN2O2. The first kappa shape index (κ1) is 23.5. The van der Waals surface area contributed by atoms with E-state index < -0.39 is 0 Å². The van der Waals surface area contributed by atoms with Crippen LogP contribution in [0.1, 0.15) is 36.8 Å². The molecule has 5 heteroatoms. The van der Waals surface area contributed by atoms with Crippen molar-refractivity contribution in [2.45, 2.75) is 25.7 Å². The second kappa shape index (κ2) is 9.53. The molecular weight excluding hydrogens is 480 g/mol. The molecule has 1 atom stereocenters. The molecule has 4 nitrogen and oxygen atoms in total. The lowest BCUT2D eigenvalue weighted by atomic mass is 9.80. The lowest BCUT2D eigenvalue weighted by Crippen LogP contribution is -2.07. The van der Waals surface area contributed by atoms with E-state index in [9.17, 15) is 0 Å². The van der Waals surface area contributed by atoms with Gasteiger partial charge in [0, 0.05) is 32.5 Å². The molecule has 0 amide bonds. The Morgan fingerprint density at radius 3 is 1.84 bits per heavy atom. The summed E-state index contributed by atoms with van der Waals surface area (Å²) in [5.74, 6) is 1.71. The molecule has 6 aromatic rings. The van der Waals surface area contributed by atoms with E-state index in [1.807, 2.05) is 36.4 Å². The number of para-hydroxylation sites is 1. The molecule has 0 aliphatic heterocycles. The van der Waals surface area contributed by atoms with E-state index in [0.717, 1.165) is 68.0 Å². The number of hydrogen-bond acceptors (Lipinski definition) is 4. The van der Waals surface area contributed by atoms with Crippen molar-refractivity contribution < 1.29 is 9.47 Å². The predicted octanol–water partition coefficient (Wildman–Crippen LogP) is 8.69. The first-order chi connectivity index (χ1) is 18.1. The lowest BCUT2D eigenvalue weighted by molar-refractivity contribution is 0.415. The highest BCUT2D eigenvalue weighted by atomic mass is 35.5. The van der Waals surface area contributed by atoms with Gasteiger partial charge in [-0.05, 0) is 72.1 Å². The molecule has 2 heterocycles. The summed E-state index contributed by atoms with van der Waals surface area (Å²) in [5, 5.41) is 5.11. The molecule has 0 aliphatic carbocycles. The van der Waals surface area contributed by atoms with Gasteiger partial charge in [0.1, 0.15) is 11.5 Å². The Bertz CT molecular complexity index is 1800. The number of aromatic nitrogens is 2. The summed E-state index contributed by atoms with van der Waals surface area (Å²) >= 11 is 6.44. The average molecular weight is 507 g/mol. The SMILES string of the molecule is CCCC(c1c2ccccc2nc2ccc(OC)cc12)c1c2ccc(Cl)cc2nc2ccc(OC)cc12. The minimum atomic E-state index is 0.0776. The smallest absolute Gasteiger partial charge is 0.119 e. The lowest BCUT2D eigenvalue weighted by Gasteiger charge is -2.25. The number of halogens is 1. The van der Waals surface area contributed by atoms with Crippen LogP contribution in [-0.4, -0.2) is 24.2 Å². The topological polar surface area (TPSA) is 44.2 Å². The molecule has 4 aromatic carbocycles. The molecule has 2 aromatic heterocycles. The van der Waals surface area contributed by atoms with Crippen LogP contribution in [0.5, 0.6) is 11.5 Å². The summed E-state index contributed by atoms with van der Waals surface area (Å²) in [4.78, 5) is 10.00. The van der Waals surface area contributed by atoms with Crippen molar-refractivity contribution in [1.29, 1.82) is 0 Å². The Morgan fingerprint density at radius 2 is 1.22 bits per heavy atom. The van der Waals surface area contributed by atoms with E-state index in [-0.39, 0.29) is 5.92 Å². The van der Waals surface area contributed by atoms with Gasteiger partial charge in [-0.2, -0.15) is 0 Å². The van der Waals surface area contributed by atoms with E-state index in [2.05, 4.69) is 49.4 Å². The van der Waals surface area contributed by atoms with Crippen molar-refractivity contribution in [3.8, 4) is 11.5 Å². The molecule has 0 N–H and O–H groups in total. The maximum Gasteiger partial charge on any atom is 0.119 e. The summed E-state index contributed by atoms with van der Waals surface area (Å²) in [6, 6.07) is 26.7. The average Bonchev–Trinajstić information content (AvgIpc) is 2.93. The fourth-order valence-electron chi connectivity index (χ4n) is 5.56. The number of methoxy groups -OCH3 is 2. The third-order valence-electron chi connectivity index (χ3n) is 7.19. The zero-order chi connectivity index (χ0) is 25.5. The van der Waals surface area contributed by atoms with Crippen LogP contribution in [0.3, 0.4) is 0 Å². The summed E-state index contributed by atoms with van der Waals surface area (Å²) in [5.41, 5.74) is 6.25. The maximum atomic E-state index is 6.44. The third kappa shape index (κ3) is 4.02. The zero-order valence-corrected chi connectivity index (χ0v) is 21.8. The number of rotatable bonds is 6. The monoisotopic (exact) mass is 506 g/mol. The molecule has 184 valence electrons. The van der Waals surface area contributed by atoms with E-state index in [4.69, 9.17) is 31.0 Å². The fourth-order valence-corrected chi connectivity index (χ4v) is 5.72. The van der Waals surface area contributed by atoms with Crippen molar-refractivity contribution in [1.82, 2.24) is 9.97 Å². The van der Waals surface area contributed by atoms with Gasteiger partial charge in [0.2, 0.25) is 0 Å². The third-order valence-corrected chi connectivity index (χ3v) is 7.42. The largest absolute Gasteiger partial charge is 0.497 e. The van der Waals surface area contributed by atoms with Crippen LogP contribution in [0.4, 0.5) is 0 Å². The van der Waals surface area contributed by atoms with Crippen LogP contribution in [0.15, 0.2) is 78.9 Å². The minimum Gasteiger partial charge on any atom is -0.497 e. The molecule has 0 saturated heterocycles. The van der Waals surface area contributed by atoms with Crippen molar-refractivity contribution >= 4 is 55.2 Å². The first-order valence-electron chi connectivity index (χ1n) is 12.5. The predicted molar refractivity (Wildman–Crippen MR) is 153 cm³/mol. The van der Waals surface area contributed by atoms with Gasteiger partial charge in [-0.3, -0.25) is 0 Å². The Morgan fingerprint density at radius 1 is 0.649 bits per heavy atom. The van der Waals surface area contributed by atoms with Gasteiger partial charge in [-0.25, -0.2) is 9.97 Å². The molecule has 37 heavy (non-hydrogen) atoms. The standard InChI is InChI=1S/C32H27ClN2O2/c1-4-7-24(31-22-8-5-6-9-27(22)34-28-14-11-20(36-2)17-25(28)31)32-23-13-10-19(33)16-30(23)35-29-15-12-21(37-3)18-26(29)32/h5-6,8-18,24H,4,7H2,1-3H3. The molecule has 0 aliphatic rings. The van der Waals surface area contributed by atoms with Crippen LogP contribution >= 0.6 is 11.6 Å². The Hall–Kier alpha value is -3.89. The van der Waals surface area contributed by atoms with Gasteiger partial charge in [-0.1, -0.05) is 49.2 Å². The molecule has 0 radical (unpaired) electrons. The Balaban J connectivity index is 1.80. The number of benzene rings is 4. The van der Waals surface area contributed by atoms with Gasteiger partial charge in [-0.15, -0.1) is 0 Å². The van der Waals surface area contributed by atoms with Crippen molar-refractivity contribution in [3.63, 3.8) is 0 Å². The summed E-state index contributed by atoms with van der Waals surface area (Å²) in [6.45, 7) is 2.24. The molecule has 0 spiro atoms. The number of pyridine rings is 2. The van der Waals surface area contributed by atoms with E-state index >= 15 is 0 Å². The Labute approximate surface area is 220 Å². The van der Waals surface area contributed by atoms with Crippen LogP contribution in [0, 0.1) is 0 Å². The highest BCUT2D eigenvalue weighted by Gasteiger charge is 2.25. The van der Waals surface area contributed by atoms with Crippen LogP contribution in [0.2, 0.25) is 5.02 Å². The summed E-state index contributed by atoms with van der Waals surface area (Å²) in [7, 11) is 3.41. The van der Waals surface area contributed by atoms with Gasteiger partial charge in [0.05, 0.1) is 36.3 Å². The van der Waals surface area contributed by atoms with E-state index in [0.29, 0.717) is 5.02 Å². The number of nitrogens with zero attached hydrogens (tertiary/aromatic N) is 2. The first-order valence-corrected chi connectivity index (χ1v) is 12.9. The molecule has 6 rings (SSSR count). The zero-order valence-electron chi connectivity index (χ0n) is 21.1. The van der Waals surface area contributed by atoms with Crippen LogP contribution in [0.25, 0.3) is 43.6 Å². The quantitative estimate of drug-likeness (QED) is 0.212.